The Labute approximate surface area is 129 Å². The van der Waals surface area contributed by atoms with Crippen molar-refractivity contribution in [1.82, 2.24) is 5.32 Å². The van der Waals surface area contributed by atoms with Crippen molar-refractivity contribution in [3.8, 4) is 0 Å². The van der Waals surface area contributed by atoms with Gasteiger partial charge in [0.15, 0.2) is 6.61 Å². The number of halogens is 3. The number of carbonyl (C=O) groups excluding carboxylic acids is 2. The normalized spacial score (nSPS) is 18.7. The van der Waals surface area contributed by atoms with Crippen LogP contribution < -0.4 is 5.32 Å². The molecule has 0 fully saturated rings. The molecule has 0 unspecified atom stereocenters. The summed E-state index contributed by atoms with van der Waals surface area (Å²) in [6.45, 7) is 7.39. The molecule has 0 aliphatic carbocycles. The zero-order chi connectivity index (χ0) is 16.9. The lowest BCUT2D eigenvalue weighted by molar-refractivity contribution is -0.124. The van der Waals surface area contributed by atoms with Gasteiger partial charge in [-0.25, -0.2) is 0 Å². The summed E-state index contributed by atoms with van der Waals surface area (Å²) in [7, 11) is 0. The highest BCUT2D eigenvalue weighted by molar-refractivity contribution is 8.15. The van der Waals surface area contributed by atoms with Crippen LogP contribution in [0.15, 0.2) is 48.4 Å². The zero-order valence-electron chi connectivity index (χ0n) is 11.7. The van der Waals surface area contributed by atoms with E-state index in [2.05, 4.69) is 18.5 Å². The van der Waals surface area contributed by atoms with E-state index in [4.69, 9.17) is 4.74 Å². The van der Waals surface area contributed by atoms with Gasteiger partial charge in [0, 0.05) is 6.08 Å². The molecule has 120 valence electrons. The average Bonchev–Trinajstić information content (AvgIpc) is 2.72. The van der Waals surface area contributed by atoms with Crippen molar-refractivity contribution in [2.75, 3.05) is 6.61 Å². The van der Waals surface area contributed by atoms with Gasteiger partial charge in [-0.05, 0) is 13.0 Å². The van der Waals surface area contributed by atoms with Gasteiger partial charge in [-0.2, -0.15) is 13.2 Å². The summed E-state index contributed by atoms with van der Waals surface area (Å²) in [5, 5.41) is 1.64. The van der Waals surface area contributed by atoms with E-state index in [1.165, 1.54) is 6.08 Å². The van der Waals surface area contributed by atoms with Gasteiger partial charge in [-0.1, -0.05) is 31.0 Å². The maximum absolute atomic E-state index is 12.6. The standard InChI is InChI=1S/C14H14F3NO3S/c1-4-5-10(8(2)14(15,16)17)18-12(19)7-21-11-6-13(20)22-9(11)3/h4-6,9H,1-2,7H2,3H3,(H,18,19)/b10-5+/t9-/m1/s1. The minimum absolute atomic E-state index is 0.194. The van der Waals surface area contributed by atoms with Crippen molar-refractivity contribution in [3.05, 3.63) is 48.4 Å². The molecule has 0 radical (unpaired) electrons. The van der Waals surface area contributed by atoms with E-state index >= 15 is 0 Å². The van der Waals surface area contributed by atoms with Crippen LogP contribution in [-0.4, -0.2) is 29.1 Å². The first-order chi connectivity index (χ1) is 10.1. The van der Waals surface area contributed by atoms with Gasteiger partial charge in [-0.3, -0.25) is 9.59 Å². The highest BCUT2D eigenvalue weighted by Crippen LogP contribution is 2.29. The molecule has 1 heterocycles. The summed E-state index contributed by atoms with van der Waals surface area (Å²) in [6.07, 6.45) is -1.33. The van der Waals surface area contributed by atoms with Crippen LogP contribution in [0.1, 0.15) is 6.92 Å². The summed E-state index contributed by atoms with van der Waals surface area (Å²) in [5.74, 6) is -0.481. The molecule has 1 rings (SSSR count). The first-order valence-corrected chi connectivity index (χ1v) is 6.97. The van der Waals surface area contributed by atoms with Gasteiger partial charge in [0.2, 0.25) is 5.12 Å². The van der Waals surface area contributed by atoms with Crippen LogP contribution in [0.5, 0.6) is 0 Å². The van der Waals surface area contributed by atoms with Crippen LogP contribution in [0.25, 0.3) is 0 Å². The average molecular weight is 333 g/mol. The van der Waals surface area contributed by atoms with Crippen LogP contribution in [-0.2, 0) is 14.3 Å². The monoisotopic (exact) mass is 333 g/mol. The van der Waals surface area contributed by atoms with E-state index in [1.54, 1.807) is 6.92 Å². The number of ether oxygens (including phenoxy) is 1. The van der Waals surface area contributed by atoms with Crippen LogP contribution in [0.3, 0.4) is 0 Å². The highest BCUT2D eigenvalue weighted by atomic mass is 32.2. The molecule has 1 aliphatic heterocycles. The number of rotatable bonds is 6. The minimum atomic E-state index is -4.67. The third-order valence-corrected chi connectivity index (χ3v) is 3.49. The SMILES string of the molecule is C=C/C=C(/NC(=O)COC1=CC(=O)S[C@@H]1C)C(=C)C(F)(F)F. The number of carbonyl (C=O) groups is 2. The zero-order valence-corrected chi connectivity index (χ0v) is 12.5. The Morgan fingerprint density at radius 3 is 2.64 bits per heavy atom. The number of nitrogens with one attached hydrogen (secondary N) is 1. The van der Waals surface area contributed by atoms with E-state index in [1.807, 2.05) is 0 Å². The minimum Gasteiger partial charge on any atom is -0.487 e. The molecule has 0 aromatic heterocycles. The molecule has 1 N–H and O–H groups in total. The molecule has 0 saturated heterocycles. The van der Waals surface area contributed by atoms with E-state index < -0.39 is 30.0 Å². The second kappa shape index (κ2) is 7.35. The molecule has 1 amide bonds. The first-order valence-electron chi connectivity index (χ1n) is 6.09. The van der Waals surface area contributed by atoms with Crippen molar-refractivity contribution in [1.29, 1.82) is 0 Å². The quantitative estimate of drug-likeness (QED) is 0.760. The molecule has 0 saturated carbocycles. The molecule has 0 aromatic carbocycles. The van der Waals surface area contributed by atoms with Crippen molar-refractivity contribution in [2.24, 2.45) is 0 Å². The van der Waals surface area contributed by atoms with E-state index in [-0.39, 0.29) is 10.4 Å². The van der Waals surface area contributed by atoms with Gasteiger partial charge in [-0.15, -0.1) is 0 Å². The van der Waals surface area contributed by atoms with Crippen LogP contribution in [0, 0.1) is 0 Å². The van der Waals surface area contributed by atoms with Gasteiger partial charge < -0.3 is 10.1 Å². The van der Waals surface area contributed by atoms with Crippen LogP contribution in [0.4, 0.5) is 13.2 Å². The van der Waals surface area contributed by atoms with Gasteiger partial charge >= 0.3 is 6.18 Å². The third-order valence-electron chi connectivity index (χ3n) is 2.55. The Bertz CT molecular complexity index is 564. The number of hydrogen-bond acceptors (Lipinski definition) is 4. The fourth-order valence-electron chi connectivity index (χ4n) is 1.48. The summed E-state index contributed by atoms with van der Waals surface area (Å²) >= 11 is 1.03. The molecule has 1 atom stereocenters. The van der Waals surface area contributed by atoms with Crippen molar-refractivity contribution >= 4 is 22.8 Å². The predicted molar refractivity (Wildman–Crippen MR) is 77.7 cm³/mol. The lowest BCUT2D eigenvalue weighted by atomic mass is 10.2. The topological polar surface area (TPSA) is 55.4 Å². The van der Waals surface area contributed by atoms with Crippen LogP contribution in [0.2, 0.25) is 0 Å². The summed E-state index contributed by atoms with van der Waals surface area (Å²) < 4.78 is 42.9. The molecule has 0 aromatic rings. The second-order valence-electron chi connectivity index (χ2n) is 4.26. The molecule has 22 heavy (non-hydrogen) atoms. The fraction of sp³-hybridized carbons (Fsp3) is 0.286. The molecule has 4 nitrogen and oxygen atoms in total. The third kappa shape index (κ3) is 5.10. The number of hydrogen-bond donors (Lipinski definition) is 1. The Balaban J connectivity index is 2.64. The van der Waals surface area contributed by atoms with Crippen molar-refractivity contribution < 1.29 is 27.5 Å². The number of allylic oxidation sites excluding steroid dienone is 3. The molecular weight excluding hydrogens is 319 g/mol. The summed E-state index contributed by atoms with van der Waals surface area (Å²) in [6, 6.07) is 0. The second-order valence-corrected chi connectivity index (χ2v) is 5.60. The van der Waals surface area contributed by atoms with Gasteiger partial charge in [0.25, 0.3) is 5.91 Å². The first kappa shape index (κ1) is 18.1. The van der Waals surface area contributed by atoms with Gasteiger partial charge in [0.1, 0.15) is 5.76 Å². The molecule has 0 bridgehead atoms. The number of alkyl halides is 3. The van der Waals surface area contributed by atoms with Crippen molar-refractivity contribution in [2.45, 2.75) is 18.3 Å². The Morgan fingerprint density at radius 2 is 2.18 bits per heavy atom. The largest absolute Gasteiger partial charge is 0.487 e. The Morgan fingerprint density at radius 1 is 1.55 bits per heavy atom. The lowest BCUT2D eigenvalue weighted by Gasteiger charge is -2.15. The molecule has 1 aliphatic rings. The van der Waals surface area contributed by atoms with Crippen molar-refractivity contribution in [3.63, 3.8) is 0 Å². The Hall–Kier alpha value is -1.96. The van der Waals surface area contributed by atoms with E-state index in [0.29, 0.717) is 5.76 Å². The maximum atomic E-state index is 12.6. The summed E-state index contributed by atoms with van der Waals surface area (Å²) in [5.41, 5.74) is -1.70. The predicted octanol–water partition coefficient (Wildman–Crippen LogP) is 2.85. The number of amides is 1. The molecule has 0 spiro atoms. The Kier molecular flexibility index (Phi) is 6.04. The molecular formula is C14H14F3NO3S. The summed E-state index contributed by atoms with van der Waals surface area (Å²) in [4.78, 5) is 22.8. The van der Waals surface area contributed by atoms with Crippen LogP contribution >= 0.6 is 11.8 Å². The number of thioether (sulfide) groups is 1. The van der Waals surface area contributed by atoms with Gasteiger partial charge in [0.05, 0.1) is 16.5 Å². The van der Waals surface area contributed by atoms with E-state index in [9.17, 15) is 22.8 Å². The van der Waals surface area contributed by atoms with E-state index in [0.717, 1.165) is 23.9 Å². The maximum Gasteiger partial charge on any atom is 0.417 e. The highest BCUT2D eigenvalue weighted by Gasteiger charge is 2.34. The smallest absolute Gasteiger partial charge is 0.417 e. The lowest BCUT2D eigenvalue weighted by Crippen LogP contribution is -2.31. The fourth-order valence-corrected chi connectivity index (χ4v) is 2.27. The molecule has 8 heteroatoms.